The summed E-state index contributed by atoms with van der Waals surface area (Å²) in [6.07, 6.45) is 2.15. The van der Waals surface area contributed by atoms with E-state index >= 15 is 0 Å². The van der Waals surface area contributed by atoms with E-state index in [-0.39, 0.29) is 17.3 Å². The van der Waals surface area contributed by atoms with E-state index in [2.05, 4.69) is 10.1 Å². The van der Waals surface area contributed by atoms with Gasteiger partial charge in [-0.05, 0) is 32.0 Å². The molecule has 1 aliphatic heterocycles. The highest BCUT2D eigenvalue weighted by atomic mass is 19.1. The Kier molecular flexibility index (Phi) is 3.88. The highest BCUT2D eigenvalue weighted by molar-refractivity contribution is 5.53. The van der Waals surface area contributed by atoms with Gasteiger partial charge < -0.3 is 9.42 Å². The standard InChI is InChI=1S/C17H17F2N5O/c1-23-4-5-24(15-12(18)6-10(8-20)7-13(15)19)9-14(23)17-21-16(22-25-17)11-2-3-11/h6-7,11,14H,2-5,9H2,1H3/t14-/m0/s1. The molecule has 1 saturated carbocycles. The van der Waals surface area contributed by atoms with Crippen molar-refractivity contribution in [3.63, 3.8) is 0 Å². The fraction of sp³-hybridized carbons (Fsp3) is 0.471. The van der Waals surface area contributed by atoms with Gasteiger partial charge in [0.25, 0.3) is 0 Å². The van der Waals surface area contributed by atoms with Crippen LogP contribution >= 0.6 is 0 Å². The second-order valence-corrected chi connectivity index (χ2v) is 6.61. The van der Waals surface area contributed by atoms with Crippen LogP contribution in [0.4, 0.5) is 14.5 Å². The largest absolute Gasteiger partial charge is 0.363 e. The highest BCUT2D eigenvalue weighted by Crippen LogP contribution is 2.39. The zero-order chi connectivity index (χ0) is 17.6. The summed E-state index contributed by atoms with van der Waals surface area (Å²) < 4.78 is 34.1. The topological polar surface area (TPSA) is 69.2 Å². The van der Waals surface area contributed by atoms with Crippen molar-refractivity contribution in [2.24, 2.45) is 0 Å². The predicted molar refractivity (Wildman–Crippen MR) is 84.9 cm³/mol. The molecule has 0 bridgehead atoms. The number of hydrogen-bond donors (Lipinski definition) is 0. The van der Waals surface area contributed by atoms with Crippen molar-refractivity contribution in [2.75, 3.05) is 31.6 Å². The Balaban J connectivity index is 1.61. The smallest absolute Gasteiger partial charge is 0.245 e. The number of likely N-dealkylation sites (N-methyl/N-ethyl adjacent to an activating group) is 1. The van der Waals surface area contributed by atoms with E-state index in [1.807, 2.05) is 11.9 Å². The molecule has 25 heavy (non-hydrogen) atoms. The lowest BCUT2D eigenvalue weighted by molar-refractivity contribution is 0.177. The third-order valence-corrected chi connectivity index (χ3v) is 4.80. The van der Waals surface area contributed by atoms with Crippen LogP contribution in [0.3, 0.4) is 0 Å². The molecule has 0 radical (unpaired) electrons. The minimum Gasteiger partial charge on any atom is -0.363 e. The maximum absolute atomic E-state index is 14.3. The van der Waals surface area contributed by atoms with Crippen molar-refractivity contribution in [1.82, 2.24) is 15.0 Å². The minimum atomic E-state index is -0.732. The molecule has 6 nitrogen and oxygen atoms in total. The number of halogens is 2. The fourth-order valence-corrected chi connectivity index (χ4v) is 3.17. The molecule has 2 heterocycles. The average Bonchev–Trinajstić information content (AvgIpc) is 3.33. The summed E-state index contributed by atoms with van der Waals surface area (Å²) in [5.74, 6) is 0.115. The fourth-order valence-electron chi connectivity index (χ4n) is 3.17. The van der Waals surface area contributed by atoms with E-state index in [9.17, 15) is 8.78 Å². The monoisotopic (exact) mass is 345 g/mol. The number of hydrogen-bond acceptors (Lipinski definition) is 6. The maximum atomic E-state index is 14.3. The molecule has 8 heteroatoms. The molecule has 1 saturated heterocycles. The van der Waals surface area contributed by atoms with Gasteiger partial charge in [-0.3, -0.25) is 4.90 Å². The first-order valence-corrected chi connectivity index (χ1v) is 8.24. The molecule has 0 unspecified atom stereocenters. The van der Waals surface area contributed by atoms with Gasteiger partial charge in [0.15, 0.2) is 17.5 Å². The molecule has 4 rings (SSSR count). The maximum Gasteiger partial charge on any atom is 0.245 e. The van der Waals surface area contributed by atoms with Crippen molar-refractivity contribution >= 4 is 5.69 Å². The number of rotatable bonds is 3. The number of benzene rings is 1. The summed E-state index contributed by atoms with van der Waals surface area (Å²) in [6, 6.07) is 3.64. The van der Waals surface area contributed by atoms with Crippen LogP contribution in [0.2, 0.25) is 0 Å². The molecule has 1 aliphatic carbocycles. The molecular formula is C17H17F2N5O. The van der Waals surface area contributed by atoms with E-state index in [0.717, 1.165) is 30.8 Å². The van der Waals surface area contributed by atoms with Crippen molar-refractivity contribution in [3.05, 3.63) is 41.0 Å². The molecule has 0 amide bonds. The second kappa shape index (κ2) is 6.08. The molecule has 2 aliphatic rings. The summed E-state index contributed by atoms with van der Waals surface area (Å²) in [7, 11) is 1.93. The Bertz CT molecular complexity index is 819. The average molecular weight is 345 g/mol. The predicted octanol–water partition coefficient (Wildman–Crippen LogP) is 2.59. The first-order chi connectivity index (χ1) is 12.1. The van der Waals surface area contributed by atoms with Gasteiger partial charge in [0.05, 0.1) is 11.6 Å². The lowest BCUT2D eigenvalue weighted by Crippen LogP contribution is -2.47. The van der Waals surface area contributed by atoms with E-state index in [1.165, 1.54) is 0 Å². The SMILES string of the molecule is CN1CCN(c2c(F)cc(C#N)cc2F)C[C@H]1c1nc(C2CC2)no1. The van der Waals surface area contributed by atoms with Crippen molar-refractivity contribution < 1.29 is 13.3 Å². The van der Waals surface area contributed by atoms with E-state index < -0.39 is 11.6 Å². The van der Waals surface area contributed by atoms with Crippen LogP contribution in [0.25, 0.3) is 0 Å². The van der Waals surface area contributed by atoms with E-state index in [0.29, 0.717) is 31.4 Å². The molecule has 1 aromatic carbocycles. The van der Waals surface area contributed by atoms with Crippen LogP contribution in [0, 0.1) is 23.0 Å². The zero-order valence-electron chi connectivity index (χ0n) is 13.7. The normalized spacial score (nSPS) is 21.4. The van der Waals surface area contributed by atoms with Gasteiger partial charge >= 0.3 is 0 Å². The lowest BCUT2D eigenvalue weighted by atomic mass is 10.1. The van der Waals surface area contributed by atoms with Gasteiger partial charge in [-0.15, -0.1) is 0 Å². The van der Waals surface area contributed by atoms with Gasteiger partial charge in [-0.2, -0.15) is 10.2 Å². The Hall–Kier alpha value is -2.53. The number of nitriles is 1. The lowest BCUT2D eigenvalue weighted by Gasteiger charge is -2.39. The van der Waals surface area contributed by atoms with Crippen LogP contribution < -0.4 is 4.90 Å². The van der Waals surface area contributed by atoms with E-state index in [4.69, 9.17) is 9.78 Å². The van der Waals surface area contributed by atoms with Gasteiger partial charge in [0.2, 0.25) is 5.89 Å². The van der Waals surface area contributed by atoms with Crippen molar-refractivity contribution in [1.29, 1.82) is 5.26 Å². The van der Waals surface area contributed by atoms with Crippen molar-refractivity contribution in [2.45, 2.75) is 24.8 Å². The summed E-state index contributed by atoms with van der Waals surface area (Å²) in [5, 5.41) is 12.9. The summed E-state index contributed by atoms with van der Waals surface area (Å²) in [4.78, 5) is 8.15. The summed E-state index contributed by atoms with van der Waals surface area (Å²) >= 11 is 0. The molecule has 1 atom stereocenters. The minimum absolute atomic E-state index is 0.0320. The van der Waals surface area contributed by atoms with Gasteiger partial charge in [-0.25, -0.2) is 8.78 Å². The van der Waals surface area contributed by atoms with Crippen LogP contribution in [0.1, 0.15) is 42.1 Å². The quantitative estimate of drug-likeness (QED) is 0.852. The highest BCUT2D eigenvalue weighted by Gasteiger charge is 2.35. The third-order valence-electron chi connectivity index (χ3n) is 4.80. The first kappa shape index (κ1) is 16.0. The zero-order valence-corrected chi connectivity index (χ0v) is 13.7. The molecular weight excluding hydrogens is 328 g/mol. The van der Waals surface area contributed by atoms with Gasteiger partial charge in [0.1, 0.15) is 11.7 Å². The molecule has 1 aromatic heterocycles. The van der Waals surface area contributed by atoms with Crippen molar-refractivity contribution in [3.8, 4) is 6.07 Å². The molecule has 0 spiro atoms. The van der Waals surface area contributed by atoms with Gasteiger partial charge in [0, 0.05) is 25.6 Å². The molecule has 130 valence electrons. The third kappa shape index (κ3) is 2.96. The van der Waals surface area contributed by atoms with Crippen LogP contribution in [-0.2, 0) is 0 Å². The Morgan fingerprint density at radius 1 is 1.24 bits per heavy atom. The number of aromatic nitrogens is 2. The Morgan fingerprint density at radius 3 is 2.60 bits per heavy atom. The molecule has 2 aromatic rings. The molecule has 2 fully saturated rings. The Morgan fingerprint density at radius 2 is 1.96 bits per heavy atom. The number of piperazine rings is 1. The van der Waals surface area contributed by atoms with Gasteiger partial charge in [-0.1, -0.05) is 5.16 Å². The molecule has 0 N–H and O–H groups in total. The number of nitrogens with zero attached hydrogens (tertiary/aromatic N) is 5. The van der Waals surface area contributed by atoms with Crippen LogP contribution in [0.5, 0.6) is 0 Å². The first-order valence-electron chi connectivity index (χ1n) is 8.24. The number of anilines is 1. The van der Waals surface area contributed by atoms with Crippen LogP contribution in [-0.4, -0.2) is 41.7 Å². The van der Waals surface area contributed by atoms with E-state index in [1.54, 1.807) is 11.0 Å². The summed E-state index contributed by atoms with van der Waals surface area (Å²) in [5.41, 5.74) is -0.144. The summed E-state index contributed by atoms with van der Waals surface area (Å²) in [6.45, 7) is 1.41. The van der Waals surface area contributed by atoms with Crippen LogP contribution in [0.15, 0.2) is 16.7 Å². The Labute approximate surface area is 143 Å². The second-order valence-electron chi connectivity index (χ2n) is 6.61.